The normalized spacial score (nSPS) is 17.6. The first kappa shape index (κ1) is 19.3. The van der Waals surface area contributed by atoms with E-state index in [0.29, 0.717) is 11.1 Å². The van der Waals surface area contributed by atoms with Crippen LogP contribution >= 0.6 is 0 Å². The van der Waals surface area contributed by atoms with Crippen molar-refractivity contribution in [3.63, 3.8) is 0 Å². The molecule has 154 valence electrons. The first-order valence-electron chi connectivity index (χ1n) is 9.05. The Morgan fingerprint density at radius 2 is 1.57 bits per heavy atom. The molecule has 5 N–H and O–H groups in total. The minimum absolute atomic E-state index is 0.00338. The molecule has 1 heterocycles. The Bertz CT molecular complexity index is 1110. The lowest BCUT2D eigenvalue weighted by Crippen LogP contribution is -2.34. The number of hydrogen-bond donors (Lipinski definition) is 5. The monoisotopic (exact) mass is 410 g/mol. The number of phenols is 5. The van der Waals surface area contributed by atoms with Crippen LogP contribution in [-0.2, 0) is 11.2 Å². The number of fused-ring (bicyclic) bond motifs is 1. The van der Waals surface area contributed by atoms with Crippen LogP contribution in [0.3, 0.4) is 0 Å². The van der Waals surface area contributed by atoms with E-state index in [4.69, 9.17) is 9.47 Å². The minimum atomic E-state index is -0.891. The van der Waals surface area contributed by atoms with Crippen LogP contribution in [0.5, 0.6) is 34.5 Å². The summed E-state index contributed by atoms with van der Waals surface area (Å²) in [6.07, 6.45) is -1.69. The van der Waals surface area contributed by atoms with E-state index in [2.05, 4.69) is 0 Å². The number of benzene rings is 3. The van der Waals surface area contributed by atoms with Crippen molar-refractivity contribution < 1.29 is 39.8 Å². The summed E-state index contributed by atoms with van der Waals surface area (Å²) >= 11 is 0. The zero-order valence-electron chi connectivity index (χ0n) is 15.5. The van der Waals surface area contributed by atoms with Gasteiger partial charge in [0.05, 0.1) is 5.56 Å². The Morgan fingerprint density at radius 1 is 0.833 bits per heavy atom. The number of ether oxygens (including phenoxy) is 2. The zero-order chi connectivity index (χ0) is 21.4. The van der Waals surface area contributed by atoms with Crippen molar-refractivity contribution in [2.75, 3.05) is 0 Å². The second kappa shape index (κ2) is 7.40. The van der Waals surface area contributed by atoms with Gasteiger partial charge in [0.1, 0.15) is 29.1 Å². The summed E-state index contributed by atoms with van der Waals surface area (Å²) in [4.78, 5) is 12.6. The highest BCUT2D eigenvalue weighted by atomic mass is 16.6. The molecule has 0 unspecified atom stereocenters. The number of aromatic hydroxyl groups is 5. The molecule has 0 fully saturated rings. The highest BCUT2D eigenvalue weighted by Gasteiger charge is 2.36. The number of hydrogen-bond acceptors (Lipinski definition) is 8. The maximum Gasteiger partial charge on any atom is 0.338 e. The van der Waals surface area contributed by atoms with E-state index in [9.17, 15) is 30.3 Å². The Labute approximate surface area is 170 Å². The van der Waals surface area contributed by atoms with Gasteiger partial charge in [-0.05, 0) is 36.4 Å². The lowest BCUT2D eigenvalue weighted by atomic mass is 9.93. The number of carbonyl (C=O) groups excluding carboxylic acids is 1. The van der Waals surface area contributed by atoms with E-state index in [1.165, 1.54) is 48.5 Å². The van der Waals surface area contributed by atoms with Crippen LogP contribution in [-0.4, -0.2) is 37.6 Å². The largest absolute Gasteiger partial charge is 0.508 e. The average Bonchev–Trinajstić information content (AvgIpc) is 2.70. The predicted molar refractivity (Wildman–Crippen MR) is 104 cm³/mol. The number of esters is 1. The van der Waals surface area contributed by atoms with Gasteiger partial charge in [0, 0.05) is 29.7 Å². The van der Waals surface area contributed by atoms with Gasteiger partial charge in [-0.25, -0.2) is 4.79 Å². The maximum atomic E-state index is 12.6. The molecule has 0 saturated carbocycles. The third kappa shape index (κ3) is 3.62. The molecule has 30 heavy (non-hydrogen) atoms. The van der Waals surface area contributed by atoms with E-state index in [-0.39, 0.29) is 46.5 Å². The molecule has 0 spiro atoms. The third-order valence-electron chi connectivity index (χ3n) is 4.86. The Balaban J connectivity index is 1.71. The number of carbonyl (C=O) groups is 1. The molecule has 0 saturated heterocycles. The van der Waals surface area contributed by atoms with Gasteiger partial charge >= 0.3 is 5.97 Å². The van der Waals surface area contributed by atoms with Crippen LogP contribution in [0.25, 0.3) is 0 Å². The van der Waals surface area contributed by atoms with Crippen LogP contribution in [0, 0.1) is 0 Å². The Hall–Kier alpha value is -4.07. The van der Waals surface area contributed by atoms with Crippen molar-refractivity contribution in [3.05, 3.63) is 71.3 Å². The molecule has 4 rings (SSSR count). The molecule has 3 aromatic rings. The van der Waals surface area contributed by atoms with Gasteiger partial charge in [0.25, 0.3) is 0 Å². The van der Waals surface area contributed by atoms with Crippen LogP contribution in [0.4, 0.5) is 0 Å². The molecule has 0 aliphatic carbocycles. The number of rotatable bonds is 3. The Morgan fingerprint density at radius 3 is 2.27 bits per heavy atom. The highest BCUT2D eigenvalue weighted by molar-refractivity contribution is 5.89. The topological polar surface area (TPSA) is 137 Å². The van der Waals surface area contributed by atoms with Crippen LogP contribution in [0.1, 0.15) is 27.6 Å². The first-order chi connectivity index (χ1) is 14.3. The quantitative estimate of drug-likeness (QED) is 0.328. The summed E-state index contributed by atoms with van der Waals surface area (Å²) in [6.45, 7) is 0. The first-order valence-corrected chi connectivity index (χ1v) is 9.05. The van der Waals surface area contributed by atoms with Crippen molar-refractivity contribution >= 4 is 5.97 Å². The highest BCUT2D eigenvalue weighted by Crippen LogP contribution is 2.43. The fourth-order valence-corrected chi connectivity index (χ4v) is 3.35. The molecule has 1 aliphatic rings. The summed E-state index contributed by atoms with van der Waals surface area (Å²) in [7, 11) is 0. The lowest BCUT2D eigenvalue weighted by molar-refractivity contribution is -0.0188. The summed E-state index contributed by atoms with van der Waals surface area (Å²) in [5.41, 5.74) is 0.985. The SMILES string of the molecule is O=C(O[C@@H]1Cc2c(O)cc(O)cc2O[C@H]1c1ccc(O)c(O)c1)c1ccc(O)cc1. The zero-order valence-corrected chi connectivity index (χ0v) is 15.5. The molecule has 2 atom stereocenters. The molecule has 0 aromatic heterocycles. The van der Waals surface area contributed by atoms with Crippen molar-refractivity contribution in [2.45, 2.75) is 18.6 Å². The summed E-state index contributed by atoms with van der Waals surface area (Å²) in [6, 6.07) is 12.1. The number of phenolic OH excluding ortho intramolecular Hbond substituents is 5. The predicted octanol–water partition coefficient (Wildman–Crippen LogP) is 3.12. The molecule has 8 nitrogen and oxygen atoms in total. The summed E-state index contributed by atoms with van der Waals surface area (Å²) < 4.78 is 11.5. The van der Waals surface area contributed by atoms with E-state index < -0.39 is 18.2 Å². The van der Waals surface area contributed by atoms with Gasteiger partial charge < -0.3 is 35.0 Å². The van der Waals surface area contributed by atoms with Crippen LogP contribution in [0.2, 0.25) is 0 Å². The maximum absolute atomic E-state index is 12.6. The summed E-state index contributed by atoms with van der Waals surface area (Å²) in [5.74, 6) is -1.54. The van der Waals surface area contributed by atoms with Gasteiger partial charge in [0.15, 0.2) is 17.6 Å². The van der Waals surface area contributed by atoms with Crippen molar-refractivity contribution in [3.8, 4) is 34.5 Å². The van der Waals surface area contributed by atoms with E-state index >= 15 is 0 Å². The Kier molecular flexibility index (Phi) is 4.75. The second-order valence-electron chi connectivity index (χ2n) is 6.92. The molecular formula is C22H18O8. The van der Waals surface area contributed by atoms with Crippen LogP contribution < -0.4 is 4.74 Å². The van der Waals surface area contributed by atoms with Crippen molar-refractivity contribution in [2.24, 2.45) is 0 Å². The fourth-order valence-electron chi connectivity index (χ4n) is 3.35. The fraction of sp³-hybridized carbons (Fsp3) is 0.136. The van der Waals surface area contributed by atoms with Gasteiger partial charge in [-0.15, -0.1) is 0 Å². The standard InChI is InChI=1S/C22H18O8/c23-13-4-1-11(2-5-13)22(28)30-20-10-15-17(26)8-14(24)9-19(15)29-21(20)12-3-6-16(25)18(27)7-12/h1-9,20-21,23-27H,10H2/t20-,21+/m1/s1. The van der Waals surface area contributed by atoms with Crippen molar-refractivity contribution in [1.29, 1.82) is 0 Å². The van der Waals surface area contributed by atoms with Crippen molar-refractivity contribution in [1.82, 2.24) is 0 Å². The molecule has 1 aliphatic heterocycles. The van der Waals surface area contributed by atoms with Gasteiger partial charge in [-0.1, -0.05) is 6.07 Å². The molecular weight excluding hydrogens is 392 g/mol. The van der Waals surface area contributed by atoms with Gasteiger partial charge in [0.2, 0.25) is 0 Å². The minimum Gasteiger partial charge on any atom is -0.508 e. The molecule has 8 heteroatoms. The van der Waals surface area contributed by atoms with E-state index in [1.807, 2.05) is 0 Å². The average molecular weight is 410 g/mol. The second-order valence-corrected chi connectivity index (χ2v) is 6.92. The molecule has 0 radical (unpaired) electrons. The lowest BCUT2D eigenvalue weighted by Gasteiger charge is -2.34. The van der Waals surface area contributed by atoms with E-state index in [0.717, 1.165) is 6.07 Å². The molecule has 0 amide bonds. The van der Waals surface area contributed by atoms with Gasteiger partial charge in [-0.3, -0.25) is 0 Å². The summed E-state index contributed by atoms with van der Waals surface area (Å²) in [5, 5.41) is 48.8. The third-order valence-corrected chi connectivity index (χ3v) is 4.86. The molecule has 3 aromatic carbocycles. The van der Waals surface area contributed by atoms with Crippen LogP contribution in [0.15, 0.2) is 54.6 Å². The van der Waals surface area contributed by atoms with E-state index in [1.54, 1.807) is 0 Å². The molecule has 0 bridgehead atoms. The smallest absolute Gasteiger partial charge is 0.338 e. The van der Waals surface area contributed by atoms with Gasteiger partial charge in [-0.2, -0.15) is 0 Å².